The Balaban J connectivity index is 2.10. The molecule has 27 heavy (non-hydrogen) atoms. The van der Waals surface area contributed by atoms with Gasteiger partial charge in [0.25, 0.3) is 0 Å². The summed E-state index contributed by atoms with van der Waals surface area (Å²) in [5.41, 5.74) is 1.35. The quantitative estimate of drug-likeness (QED) is 0.831. The number of ether oxygens (including phenoxy) is 6. The minimum atomic E-state index is -0.906. The Morgan fingerprint density at radius 1 is 0.815 bits per heavy atom. The van der Waals surface area contributed by atoms with Crippen molar-refractivity contribution in [2.45, 2.75) is 18.3 Å². The highest BCUT2D eigenvalue weighted by Crippen LogP contribution is 2.50. The van der Waals surface area contributed by atoms with Gasteiger partial charge in [0.05, 0.1) is 28.4 Å². The Bertz CT molecular complexity index is 805. The molecule has 1 aliphatic heterocycles. The molecule has 1 N–H and O–H groups in total. The average Bonchev–Trinajstić information content (AvgIpc) is 2.71. The van der Waals surface area contributed by atoms with Gasteiger partial charge in [-0.15, -0.1) is 0 Å². The van der Waals surface area contributed by atoms with Gasteiger partial charge in [-0.1, -0.05) is 6.07 Å². The first-order valence-corrected chi connectivity index (χ1v) is 8.43. The van der Waals surface area contributed by atoms with Crippen LogP contribution in [-0.4, -0.2) is 46.8 Å². The van der Waals surface area contributed by atoms with Gasteiger partial charge in [0.15, 0.2) is 29.1 Å². The lowest BCUT2D eigenvalue weighted by atomic mass is 9.91. The van der Waals surface area contributed by atoms with Crippen molar-refractivity contribution in [3.63, 3.8) is 0 Å². The first-order chi connectivity index (χ1) is 13.1. The second-order valence-electron chi connectivity index (χ2n) is 6.02. The lowest BCUT2D eigenvalue weighted by Crippen LogP contribution is -2.36. The molecule has 146 valence electrons. The summed E-state index contributed by atoms with van der Waals surface area (Å²) in [6, 6.07) is 8.92. The summed E-state index contributed by atoms with van der Waals surface area (Å²) >= 11 is 0. The summed E-state index contributed by atoms with van der Waals surface area (Å²) in [4.78, 5) is 0. The normalized spacial score (nSPS) is 21.0. The maximum atomic E-state index is 10.9. The summed E-state index contributed by atoms with van der Waals surface area (Å²) in [7, 11) is 7.75. The number of aliphatic hydroxyl groups is 1. The topological polar surface area (TPSA) is 75.6 Å². The number of benzene rings is 2. The fraction of sp³-hybridized carbons (Fsp3) is 0.400. The molecule has 3 rings (SSSR count). The molecule has 1 aliphatic rings. The highest BCUT2D eigenvalue weighted by atomic mass is 16.6. The van der Waals surface area contributed by atoms with Crippen LogP contribution >= 0.6 is 0 Å². The third kappa shape index (κ3) is 3.24. The molecule has 0 saturated heterocycles. The molecule has 0 spiro atoms. The number of aliphatic hydroxyl groups excluding tert-OH is 1. The Kier molecular flexibility index (Phi) is 5.62. The molecule has 0 aliphatic carbocycles. The zero-order valence-electron chi connectivity index (χ0n) is 16.0. The molecule has 0 amide bonds. The fourth-order valence-corrected chi connectivity index (χ4v) is 3.34. The lowest BCUT2D eigenvalue weighted by Gasteiger charge is -2.37. The Morgan fingerprint density at radius 2 is 1.48 bits per heavy atom. The molecule has 0 unspecified atom stereocenters. The van der Waals surface area contributed by atoms with Crippen LogP contribution in [0.2, 0.25) is 0 Å². The minimum Gasteiger partial charge on any atom is -0.493 e. The van der Waals surface area contributed by atoms with E-state index in [9.17, 15) is 5.11 Å². The molecule has 7 heteroatoms. The van der Waals surface area contributed by atoms with Crippen LogP contribution in [0.3, 0.4) is 0 Å². The van der Waals surface area contributed by atoms with Gasteiger partial charge in [-0.25, -0.2) is 0 Å². The van der Waals surface area contributed by atoms with Gasteiger partial charge in [-0.3, -0.25) is 0 Å². The van der Waals surface area contributed by atoms with Crippen molar-refractivity contribution in [1.29, 1.82) is 0 Å². The van der Waals surface area contributed by atoms with Crippen molar-refractivity contribution in [2.75, 3.05) is 35.5 Å². The number of hydrogen-bond acceptors (Lipinski definition) is 7. The second kappa shape index (κ2) is 7.94. The van der Waals surface area contributed by atoms with E-state index in [4.69, 9.17) is 28.4 Å². The summed E-state index contributed by atoms with van der Waals surface area (Å²) in [6.07, 6.45) is -2.11. The van der Waals surface area contributed by atoms with E-state index in [-0.39, 0.29) is 0 Å². The number of fused-ring (bicyclic) bond motifs is 1. The van der Waals surface area contributed by atoms with Crippen molar-refractivity contribution in [3.05, 3.63) is 41.5 Å². The first kappa shape index (κ1) is 19.1. The van der Waals surface area contributed by atoms with Gasteiger partial charge >= 0.3 is 0 Å². The summed E-state index contributed by atoms with van der Waals surface area (Å²) in [5.74, 6) is 2.54. The zero-order chi connectivity index (χ0) is 19.6. The van der Waals surface area contributed by atoms with Crippen molar-refractivity contribution >= 4 is 0 Å². The SMILES string of the molecule is COc1ccc([C@H]2Oc3c(ccc(OC)c3OC)[C@@H](O)[C@H]2OC)cc1OC. The predicted octanol–water partition coefficient (Wildman–Crippen LogP) is 2.90. The molecule has 0 aromatic heterocycles. The van der Waals surface area contributed by atoms with E-state index < -0.39 is 18.3 Å². The van der Waals surface area contributed by atoms with E-state index in [0.29, 0.717) is 34.3 Å². The van der Waals surface area contributed by atoms with Crippen LogP contribution in [0, 0.1) is 0 Å². The smallest absolute Gasteiger partial charge is 0.203 e. The minimum absolute atomic E-state index is 0.425. The number of rotatable bonds is 6. The van der Waals surface area contributed by atoms with Crippen LogP contribution in [0.25, 0.3) is 0 Å². The second-order valence-corrected chi connectivity index (χ2v) is 6.02. The van der Waals surface area contributed by atoms with Crippen molar-refractivity contribution in [3.8, 4) is 28.7 Å². The molecule has 0 bridgehead atoms. The fourth-order valence-electron chi connectivity index (χ4n) is 3.34. The van der Waals surface area contributed by atoms with Gasteiger partial charge in [0, 0.05) is 12.7 Å². The van der Waals surface area contributed by atoms with Crippen LogP contribution in [0.1, 0.15) is 23.3 Å². The van der Waals surface area contributed by atoms with Gasteiger partial charge in [0.2, 0.25) is 5.75 Å². The average molecular weight is 376 g/mol. The maximum absolute atomic E-state index is 10.9. The standard InChI is InChI=1S/C20H24O7/c1-22-13-8-6-11(10-15(13)24-3)17-20(26-5)16(21)12-7-9-14(23-2)19(25-4)18(12)27-17/h6-10,16-17,20-21H,1-5H3/t16-,17-,20-/m1/s1. The molecule has 0 fully saturated rings. The van der Waals surface area contributed by atoms with Crippen molar-refractivity contribution < 1.29 is 33.5 Å². The highest BCUT2D eigenvalue weighted by Gasteiger charge is 2.41. The molecule has 0 saturated carbocycles. The van der Waals surface area contributed by atoms with Gasteiger partial charge in [0.1, 0.15) is 12.2 Å². The number of methoxy groups -OCH3 is 5. The van der Waals surface area contributed by atoms with Gasteiger partial charge < -0.3 is 33.5 Å². The van der Waals surface area contributed by atoms with E-state index in [1.54, 1.807) is 45.6 Å². The molecule has 2 aromatic rings. The molecule has 3 atom stereocenters. The first-order valence-electron chi connectivity index (χ1n) is 8.43. The van der Waals surface area contributed by atoms with E-state index in [1.165, 1.54) is 14.2 Å². The monoisotopic (exact) mass is 376 g/mol. The van der Waals surface area contributed by atoms with Crippen LogP contribution in [0.15, 0.2) is 30.3 Å². The van der Waals surface area contributed by atoms with Crippen molar-refractivity contribution in [2.24, 2.45) is 0 Å². The Hall–Kier alpha value is -2.64. The molecular formula is C20H24O7. The van der Waals surface area contributed by atoms with E-state index >= 15 is 0 Å². The number of hydrogen-bond donors (Lipinski definition) is 1. The predicted molar refractivity (Wildman–Crippen MR) is 98.2 cm³/mol. The molecule has 0 radical (unpaired) electrons. The van der Waals surface area contributed by atoms with E-state index in [2.05, 4.69) is 0 Å². The van der Waals surface area contributed by atoms with Crippen LogP contribution in [-0.2, 0) is 4.74 Å². The van der Waals surface area contributed by atoms with Crippen molar-refractivity contribution in [1.82, 2.24) is 0 Å². The molecule has 7 nitrogen and oxygen atoms in total. The van der Waals surface area contributed by atoms with Gasteiger partial charge in [-0.05, 0) is 29.8 Å². The maximum Gasteiger partial charge on any atom is 0.203 e. The summed E-state index contributed by atoms with van der Waals surface area (Å²) in [6.45, 7) is 0. The highest BCUT2D eigenvalue weighted by molar-refractivity contribution is 5.58. The summed E-state index contributed by atoms with van der Waals surface area (Å²) in [5, 5.41) is 10.9. The largest absolute Gasteiger partial charge is 0.493 e. The third-order valence-corrected chi connectivity index (χ3v) is 4.71. The van der Waals surface area contributed by atoms with Gasteiger partial charge in [-0.2, -0.15) is 0 Å². The van der Waals surface area contributed by atoms with Crippen LogP contribution in [0.4, 0.5) is 0 Å². The molecular weight excluding hydrogens is 352 g/mol. The Labute approximate surface area is 158 Å². The van der Waals surface area contributed by atoms with E-state index in [0.717, 1.165) is 5.56 Å². The van der Waals surface area contributed by atoms with Crippen LogP contribution in [0.5, 0.6) is 28.7 Å². The summed E-state index contributed by atoms with van der Waals surface area (Å²) < 4.78 is 33.3. The molecule has 2 aromatic carbocycles. The molecule has 1 heterocycles. The third-order valence-electron chi connectivity index (χ3n) is 4.71. The zero-order valence-corrected chi connectivity index (χ0v) is 16.0. The van der Waals surface area contributed by atoms with E-state index in [1.807, 2.05) is 6.07 Å². The lowest BCUT2D eigenvalue weighted by molar-refractivity contribution is -0.0923. The van der Waals surface area contributed by atoms with Crippen LogP contribution < -0.4 is 23.7 Å². The Morgan fingerprint density at radius 3 is 2.07 bits per heavy atom.